The Bertz CT molecular complexity index is 1180. The van der Waals surface area contributed by atoms with Gasteiger partial charge in [0.25, 0.3) is 23.6 Å². The molecule has 3 rings (SSSR count). The minimum absolute atomic E-state index is 0.211. The maximum atomic E-state index is 12.9. The van der Waals surface area contributed by atoms with Gasteiger partial charge in [0, 0.05) is 11.1 Å². The van der Waals surface area contributed by atoms with Gasteiger partial charge in [-0.15, -0.1) is 0 Å². The predicted molar refractivity (Wildman–Crippen MR) is 129 cm³/mol. The van der Waals surface area contributed by atoms with Crippen LogP contribution in [0.5, 0.6) is 0 Å². The molecule has 0 heterocycles. The van der Waals surface area contributed by atoms with E-state index in [2.05, 4.69) is 21.5 Å². The number of amides is 4. The van der Waals surface area contributed by atoms with Crippen molar-refractivity contribution < 1.29 is 19.2 Å². The third kappa shape index (κ3) is 6.29. The van der Waals surface area contributed by atoms with E-state index in [1.54, 1.807) is 73.7 Å². The largest absolute Gasteiger partial charge is 0.340 e. The van der Waals surface area contributed by atoms with Crippen LogP contribution in [0.2, 0.25) is 0 Å². The zero-order valence-corrected chi connectivity index (χ0v) is 18.9. The second kappa shape index (κ2) is 11.4. The quantitative estimate of drug-likeness (QED) is 0.407. The van der Waals surface area contributed by atoms with Gasteiger partial charge in [-0.2, -0.15) is 0 Å². The summed E-state index contributed by atoms with van der Waals surface area (Å²) in [5.74, 6) is -1.93. The third-order valence-electron chi connectivity index (χ3n) is 5.10. The zero-order valence-electron chi connectivity index (χ0n) is 18.9. The van der Waals surface area contributed by atoms with Crippen LogP contribution in [0.3, 0.4) is 0 Å². The fourth-order valence-corrected chi connectivity index (χ4v) is 3.15. The summed E-state index contributed by atoms with van der Waals surface area (Å²) < 4.78 is 0. The Morgan fingerprint density at radius 2 is 1.32 bits per heavy atom. The van der Waals surface area contributed by atoms with Crippen LogP contribution in [0.1, 0.15) is 50.0 Å². The summed E-state index contributed by atoms with van der Waals surface area (Å²) >= 11 is 0. The van der Waals surface area contributed by atoms with E-state index in [4.69, 9.17) is 0 Å². The summed E-state index contributed by atoms with van der Waals surface area (Å²) in [6.07, 6.45) is 0.288. The summed E-state index contributed by atoms with van der Waals surface area (Å²) in [5.41, 5.74) is 7.08. The number of carbonyl (C=O) groups is 4. The van der Waals surface area contributed by atoms with Crippen molar-refractivity contribution in [2.24, 2.45) is 0 Å². The zero-order chi connectivity index (χ0) is 24.5. The van der Waals surface area contributed by atoms with Crippen molar-refractivity contribution in [3.05, 3.63) is 101 Å². The Morgan fingerprint density at radius 1 is 0.706 bits per heavy atom. The fraction of sp³-hybridized carbons (Fsp3) is 0.154. The van der Waals surface area contributed by atoms with Crippen molar-refractivity contribution >= 4 is 29.3 Å². The van der Waals surface area contributed by atoms with E-state index in [1.807, 2.05) is 19.1 Å². The number of hydrogen-bond donors (Lipinski definition) is 4. The Morgan fingerprint density at radius 3 is 2.00 bits per heavy atom. The number of nitrogens with one attached hydrogen (secondary N) is 4. The number of aryl methyl sites for hydroxylation is 1. The molecule has 0 aliphatic carbocycles. The number of para-hydroxylation sites is 1. The first-order chi connectivity index (χ1) is 16.4. The molecule has 0 aliphatic rings. The Balaban J connectivity index is 1.64. The predicted octanol–water partition coefficient (Wildman–Crippen LogP) is 3.22. The average Bonchev–Trinajstić information content (AvgIpc) is 2.86. The molecule has 1 atom stereocenters. The number of anilines is 1. The van der Waals surface area contributed by atoms with Gasteiger partial charge in [-0.3, -0.25) is 30.0 Å². The molecular weight excluding hydrogens is 432 g/mol. The summed E-state index contributed by atoms with van der Waals surface area (Å²) in [6, 6.07) is 21.1. The van der Waals surface area contributed by atoms with Crippen molar-refractivity contribution in [2.75, 3.05) is 5.32 Å². The normalized spacial score (nSPS) is 11.1. The molecule has 174 valence electrons. The van der Waals surface area contributed by atoms with E-state index in [1.165, 1.54) is 0 Å². The van der Waals surface area contributed by atoms with Crippen molar-refractivity contribution in [3.8, 4) is 0 Å². The van der Waals surface area contributed by atoms with Crippen molar-refractivity contribution in [1.82, 2.24) is 16.2 Å². The number of benzene rings is 3. The van der Waals surface area contributed by atoms with Gasteiger partial charge in [-0.05, 0) is 49.7 Å². The summed E-state index contributed by atoms with van der Waals surface area (Å²) in [7, 11) is 0. The molecule has 4 amide bonds. The van der Waals surface area contributed by atoms with Crippen LogP contribution < -0.4 is 21.5 Å². The molecule has 4 N–H and O–H groups in total. The summed E-state index contributed by atoms with van der Waals surface area (Å²) in [5, 5.41) is 5.40. The van der Waals surface area contributed by atoms with Crippen molar-refractivity contribution in [2.45, 2.75) is 26.3 Å². The van der Waals surface area contributed by atoms with E-state index in [0.717, 1.165) is 5.56 Å². The molecule has 0 saturated heterocycles. The smallest absolute Gasteiger partial charge is 0.269 e. The topological polar surface area (TPSA) is 116 Å². The molecule has 0 saturated carbocycles. The van der Waals surface area contributed by atoms with Gasteiger partial charge in [-0.1, -0.05) is 55.0 Å². The van der Waals surface area contributed by atoms with Crippen LogP contribution in [0, 0.1) is 6.92 Å². The summed E-state index contributed by atoms with van der Waals surface area (Å²) in [4.78, 5) is 50.2. The van der Waals surface area contributed by atoms with E-state index >= 15 is 0 Å². The first-order valence-corrected chi connectivity index (χ1v) is 10.8. The Labute approximate surface area is 197 Å². The molecule has 0 aromatic heterocycles. The number of rotatable bonds is 7. The second-order valence-electron chi connectivity index (χ2n) is 7.61. The van der Waals surface area contributed by atoms with Gasteiger partial charge in [0.15, 0.2) is 0 Å². The number of hydrogen-bond acceptors (Lipinski definition) is 4. The van der Waals surface area contributed by atoms with Gasteiger partial charge >= 0.3 is 0 Å². The van der Waals surface area contributed by atoms with Crippen LogP contribution in [-0.2, 0) is 4.79 Å². The van der Waals surface area contributed by atoms with Crippen molar-refractivity contribution in [1.29, 1.82) is 0 Å². The average molecular weight is 459 g/mol. The van der Waals surface area contributed by atoms with Crippen LogP contribution in [-0.4, -0.2) is 29.7 Å². The SMILES string of the molecule is CCC(NC(=O)c1ccccc1NC(=O)c1ccc(C)cc1)C(=O)NNC(=O)c1ccccc1. The Hall–Kier alpha value is -4.46. The molecule has 8 nitrogen and oxygen atoms in total. The molecule has 1 unspecified atom stereocenters. The molecule has 0 aliphatic heterocycles. The maximum absolute atomic E-state index is 12.9. The lowest BCUT2D eigenvalue weighted by Gasteiger charge is -2.18. The lowest BCUT2D eigenvalue weighted by Crippen LogP contribution is -2.52. The lowest BCUT2D eigenvalue weighted by molar-refractivity contribution is -0.123. The van der Waals surface area contributed by atoms with E-state index in [0.29, 0.717) is 16.8 Å². The third-order valence-corrected chi connectivity index (χ3v) is 5.10. The highest BCUT2D eigenvalue weighted by Crippen LogP contribution is 2.17. The van der Waals surface area contributed by atoms with Crippen LogP contribution in [0.4, 0.5) is 5.69 Å². The molecule has 0 spiro atoms. The van der Waals surface area contributed by atoms with E-state index in [-0.39, 0.29) is 17.9 Å². The molecule has 0 bridgehead atoms. The molecule has 8 heteroatoms. The van der Waals surface area contributed by atoms with Crippen LogP contribution >= 0.6 is 0 Å². The van der Waals surface area contributed by atoms with E-state index in [9.17, 15) is 19.2 Å². The molecule has 3 aromatic carbocycles. The number of hydrazine groups is 1. The molecule has 0 radical (unpaired) electrons. The molecule has 3 aromatic rings. The van der Waals surface area contributed by atoms with E-state index < -0.39 is 23.8 Å². The number of carbonyl (C=O) groups excluding carboxylic acids is 4. The molecule has 0 fully saturated rings. The van der Waals surface area contributed by atoms with Gasteiger partial charge in [0.2, 0.25) is 0 Å². The van der Waals surface area contributed by atoms with Gasteiger partial charge in [0.05, 0.1) is 11.3 Å². The fourth-order valence-electron chi connectivity index (χ4n) is 3.15. The molecule has 34 heavy (non-hydrogen) atoms. The van der Waals surface area contributed by atoms with Gasteiger partial charge in [-0.25, -0.2) is 0 Å². The Kier molecular flexibility index (Phi) is 8.12. The molecular formula is C26H26N4O4. The second-order valence-corrected chi connectivity index (χ2v) is 7.61. The monoisotopic (exact) mass is 458 g/mol. The first-order valence-electron chi connectivity index (χ1n) is 10.8. The lowest BCUT2D eigenvalue weighted by atomic mass is 10.1. The summed E-state index contributed by atoms with van der Waals surface area (Å²) in [6.45, 7) is 3.66. The van der Waals surface area contributed by atoms with Gasteiger partial charge < -0.3 is 10.6 Å². The minimum Gasteiger partial charge on any atom is -0.340 e. The van der Waals surface area contributed by atoms with Gasteiger partial charge in [0.1, 0.15) is 6.04 Å². The van der Waals surface area contributed by atoms with Crippen LogP contribution in [0.15, 0.2) is 78.9 Å². The van der Waals surface area contributed by atoms with Crippen LogP contribution in [0.25, 0.3) is 0 Å². The standard InChI is InChI=1S/C26H26N4O4/c1-3-21(26(34)30-29-24(32)18-9-5-4-6-10-18)27-25(33)20-11-7-8-12-22(20)28-23(31)19-15-13-17(2)14-16-19/h4-16,21H,3H2,1-2H3,(H,27,33)(H,28,31)(H,29,32)(H,30,34). The maximum Gasteiger partial charge on any atom is 0.269 e. The first kappa shape index (κ1) is 24.2. The highest BCUT2D eigenvalue weighted by Gasteiger charge is 2.22. The highest BCUT2D eigenvalue weighted by atomic mass is 16.2. The minimum atomic E-state index is -0.899. The highest BCUT2D eigenvalue weighted by molar-refractivity contribution is 6.09. The van der Waals surface area contributed by atoms with Crippen molar-refractivity contribution in [3.63, 3.8) is 0 Å².